The minimum absolute atomic E-state index is 0.0757. The first-order valence-corrected chi connectivity index (χ1v) is 4.70. The summed E-state index contributed by atoms with van der Waals surface area (Å²) in [4.78, 5) is 11.5. The molecule has 0 aliphatic heterocycles. The third kappa shape index (κ3) is 1.07. The maximum atomic E-state index is 11.5. The highest BCUT2D eigenvalue weighted by atomic mass is 16.1. The molecule has 72 valence electrons. The lowest BCUT2D eigenvalue weighted by molar-refractivity contribution is 0.0939. The minimum Gasteiger partial charge on any atom is -0.284 e. The Balaban J connectivity index is 2.95. The smallest absolute Gasteiger partial charge is 0.228 e. The lowest BCUT2D eigenvalue weighted by Gasteiger charge is -2.01. The first kappa shape index (κ1) is 9.00. The van der Waals surface area contributed by atoms with Crippen molar-refractivity contribution in [3.63, 3.8) is 0 Å². The first-order valence-electron chi connectivity index (χ1n) is 4.70. The number of rotatable bonds is 0. The second kappa shape index (κ2) is 2.98. The van der Waals surface area contributed by atoms with E-state index in [1.54, 1.807) is 11.5 Å². The average molecular weight is 187 g/mol. The summed E-state index contributed by atoms with van der Waals surface area (Å²) in [5.41, 5.74) is 3.24. The van der Waals surface area contributed by atoms with Gasteiger partial charge in [0.25, 0.3) is 0 Å². The molecule has 2 heteroatoms. The van der Waals surface area contributed by atoms with Gasteiger partial charge in [-0.3, -0.25) is 9.36 Å². The van der Waals surface area contributed by atoms with Gasteiger partial charge in [-0.2, -0.15) is 0 Å². The van der Waals surface area contributed by atoms with Gasteiger partial charge in [0.15, 0.2) is 0 Å². The number of hydrogen-bond acceptors (Lipinski definition) is 1. The zero-order valence-electron chi connectivity index (χ0n) is 8.66. The molecule has 2 rings (SSSR count). The van der Waals surface area contributed by atoms with E-state index in [1.807, 2.05) is 25.1 Å². The van der Waals surface area contributed by atoms with Crippen molar-refractivity contribution in [2.24, 2.45) is 0 Å². The molecule has 0 saturated heterocycles. The zero-order valence-corrected chi connectivity index (χ0v) is 8.66. The van der Waals surface area contributed by atoms with Crippen LogP contribution in [-0.2, 0) is 0 Å². The summed E-state index contributed by atoms with van der Waals surface area (Å²) >= 11 is 0. The SMILES string of the molecule is CC(=O)n1c(C)c(C)c2ccccc21. The fourth-order valence-electron chi connectivity index (χ4n) is 1.93. The molecule has 0 amide bonds. The van der Waals surface area contributed by atoms with Crippen LogP contribution in [0.5, 0.6) is 0 Å². The summed E-state index contributed by atoms with van der Waals surface area (Å²) < 4.78 is 1.77. The van der Waals surface area contributed by atoms with E-state index in [4.69, 9.17) is 0 Å². The van der Waals surface area contributed by atoms with Crippen LogP contribution in [0, 0.1) is 13.8 Å². The van der Waals surface area contributed by atoms with Crippen LogP contribution in [0.15, 0.2) is 24.3 Å². The Morgan fingerprint density at radius 2 is 1.86 bits per heavy atom. The van der Waals surface area contributed by atoms with Crippen LogP contribution < -0.4 is 0 Å². The summed E-state index contributed by atoms with van der Waals surface area (Å²) in [6.07, 6.45) is 0. The summed E-state index contributed by atoms with van der Waals surface area (Å²) in [5, 5.41) is 1.17. The third-order valence-corrected chi connectivity index (χ3v) is 2.74. The van der Waals surface area contributed by atoms with Crippen LogP contribution in [0.1, 0.15) is 23.0 Å². The molecule has 0 aliphatic rings. The molecule has 2 nitrogen and oxygen atoms in total. The molecule has 0 atom stereocenters. The Morgan fingerprint density at radius 1 is 1.21 bits per heavy atom. The fraction of sp³-hybridized carbons (Fsp3) is 0.250. The van der Waals surface area contributed by atoms with Gasteiger partial charge in [0.2, 0.25) is 5.91 Å². The number of carbonyl (C=O) groups is 1. The summed E-state index contributed by atoms with van der Waals surface area (Å²) in [6.45, 7) is 5.63. The van der Waals surface area contributed by atoms with Gasteiger partial charge in [0, 0.05) is 18.0 Å². The molecule has 0 saturated carbocycles. The molecule has 0 radical (unpaired) electrons. The predicted octanol–water partition coefficient (Wildman–Crippen LogP) is 2.92. The number of para-hydroxylation sites is 1. The number of hydrogen-bond donors (Lipinski definition) is 0. The molecule has 0 N–H and O–H groups in total. The topological polar surface area (TPSA) is 22.0 Å². The molecule has 14 heavy (non-hydrogen) atoms. The second-order valence-corrected chi connectivity index (χ2v) is 3.58. The highest BCUT2D eigenvalue weighted by Crippen LogP contribution is 2.24. The molecule has 1 aromatic heterocycles. The Bertz CT molecular complexity index is 508. The molecule has 1 heterocycles. The van der Waals surface area contributed by atoms with E-state index in [1.165, 1.54) is 10.9 Å². The summed E-state index contributed by atoms with van der Waals surface area (Å²) in [5.74, 6) is 0.0757. The van der Waals surface area contributed by atoms with E-state index >= 15 is 0 Å². The maximum absolute atomic E-state index is 11.5. The van der Waals surface area contributed by atoms with Crippen molar-refractivity contribution in [1.82, 2.24) is 4.57 Å². The molecule has 0 spiro atoms. The zero-order chi connectivity index (χ0) is 10.3. The van der Waals surface area contributed by atoms with Crippen LogP contribution >= 0.6 is 0 Å². The van der Waals surface area contributed by atoms with Crippen molar-refractivity contribution in [2.75, 3.05) is 0 Å². The highest BCUT2D eigenvalue weighted by Gasteiger charge is 2.11. The molecular weight excluding hydrogens is 174 g/mol. The van der Waals surface area contributed by atoms with E-state index in [2.05, 4.69) is 13.0 Å². The molecule has 0 fully saturated rings. The van der Waals surface area contributed by atoms with Gasteiger partial charge in [0.05, 0.1) is 5.52 Å². The number of benzene rings is 1. The number of aryl methyl sites for hydroxylation is 1. The van der Waals surface area contributed by atoms with E-state index in [9.17, 15) is 4.79 Å². The Kier molecular flexibility index (Phi) is 1.92. The Hall–Kier alpha value is -1.57. The van der Waals surface area contributed by atoms with Gasteiger partial charge in [-0.25, -0.2) is 0 Å². The number of fused-ring (bicyclic) bond motifs is 1. The van der Waals surface area contributed by atoms with E-state index in [0.29, 0.717) is 0 Å². The number of aromatic nitrogens is 1. The Labute approximate surface area is 83.2 Å². The third-order valence-electron chi connectivity index (χ3n) is 2.74. The van der Waals surface area contributed by atoms with Gasteiger partial charge in [-0.15, -0.1) is 0 Å². The molecule has 0 unspecified atom stereocenters. The molecule has 2 aromatic rings. The van der Waals surface area contributed by atoms with Crippen LogP contribution in [0.25, 0.3) is 10.9 Å². The lowest BCUT2D eigenvalue weighted by atomic mass is 10.2. The van der Waals surface area contributed by atoms with Crippen molar-refractivity contribution < 1.29 is 4.79 Å². The Morgan fingerprint density at radius 3 is 2.50 bits per heavy atom. The minimum atomic E-state index is 0.0757. The summed E-state index contributed by atoms with van der Waals surface area (Å²) in [6, 6.07) is 7.99. The molecule has 0 bridgehead atoms. The van der Waals surface area contributed by atoms with Crippen molar-refractivity contribution >= 4 is 16.8 Å². The van der Waals surface area contributed by atoms with Gasteiger partial charge in [0.1, 0.15) is 0 Å². The average Bonchev–Trinajstić information content (AvgIpc) is 2.41. The van der Waals surface area contributed by atoms with Crippen LogP contribution in [0.4, 0.5) is 0 Å². The molecular formula is C12H13NO. The highest BCUT2D eigenvalue weighted by molar-refractivity contribution is 5.94. The molecule has 0 aliphatic carbocycles. The van der Waals surface area contributed by atoms with Crippen molar-refractivity contribution in [3.8, 4) is 0 Å². The monoisotopic (exact) mass is 187 g/mol. The first-order chi connectivity index (χ1) is 6.63. The van der Waals surface area contributed by atoms with Gasteiger partial charge in [-0.05, 0) is 25.5 Å². The van der Waals surface area contributed by atoms with Gasteiger partial charge >= 0.3 is 0 Å². The van der Waals surface area contributed by atoms with E-state index < -0.39 is 0 Å². The van der Waals surface area contributed by atoms with E-state index in [0.717, 1.165) is 11.2 Å². The van der Waals surface area contributed by atoms with Gasteiger partial charge < -0.3 is 0 Å². The normalized spacial score (nSPS) is 10.8. The quantitative estimate of drug-likeness (QED) is 0.621. The predicted molar refractivity (Wildman–Crippen MR) is 57.7 cm³/mol. The second-order valence-electron chi connectivity index (χ2n) is 3.58. The fourth-order valence-corrected chi connectivity index (χ4v) is 1.93. The van der Waals surface area contributed by atoms with Crippen molar-refractivity contribution in [1.29, 1.82) is 0 Å². The lowest BCUT2D eigenvalue weighted by Crippen LogP contribution is -2.06. The largest absolute Gasteiger partial charge is 0.284 e. The summed E-state index contributed by atoms with van der Waals surface area (Å²) in [7, 11) is 0. The van der Waals surface area contributed by atoms with Gasteiger partial charge in [-0.1, -0.05) is 18.2 Å². The molecule has 1 aromatic carbocycles. The van der Waals surface area contributed by atoms with Crippen molar-refractivity contribution in [2.45, 2.75) is 20.8 Å². The maximum Gasteiger partial charge on any atom is 0.228 e. The van der Waals surface area contributed by atoms with Crippen LogP contribution in [0.3, 0.4) is 0 Å². The van der Waals surface area contributed by atoms with Crippen LogP contribution in [-0.4, -0.2) is 10.5 Å². The standard InChI is InChI=1S/C12H13NO/c1-8-9(2)13(10(3)14)12-7-5-4-6-11(8)12/h4-7H,1-3H3. The van der Waals surface area contributed by atoms with Crippen LogP contribution in [0.2, 0.25) is 0 Å². The van der Waals surface area contributed by atoms with Crippen molar-refractivity contribution in [3.05, 3.63) is 35.5 Å². The number of carbonyl (C=O) groups excluding carboxylic acids is 1. The number of nitrogens with zero attached hydrogens (tertiary/aromatic N) is 1. The van der Waals surface area contributed by atoms with E-state index in [-0.39, 0.29) is 5.91 Å².